The van der Waals surface area contributed by atoms with Gasteiger partial charge in [-0.15, -0.1) is 0 Å². The van der Waals surface area contributed by atoms with E-state index in [-0.39, 0.29) is 0 Å². The molecule has 0 atom stereocenters. The summed E-state index contributed by atoms with van der Waals surface area (Å²) in [6.45, 7) is 0. The second kappa shape index (κ2) is 13.1. The summed E-state index contributed by atoms with van der Waals surface area (Å²) in [6, 6.07) is 73.0. The lowest BCUT2D eigenvalue weighted by Gasteiger charge is -2.23. The molecule has 0 unspecified atom stereocenters. The third-order valence-corrected chi connectivity index (χ3v) is 12.3. The zero-order chi connectivity index (χ0) is 40.0. The normalized spacial score (nSPS) is 12.1. The van der Waals surface area contributed by atoms with Gasteiger partial charge in [0.15, 0.2) is 5.82 Å². The van der Waals surface area contributed by atoms with Gasteiger partial charge in [-0.05, 0) is 64.5 Å². The fourth-order valence-electron chi connectivity index (χ4n) is 9.61. The Balaban J connectivity index is 0.999. The molecule has 1 aliphatic heterocycles. The molecule has 0 amide bonds. The summed E-state index contributed by atoms with van der Waals surface area (Å²) in [5.74, 6) is 3.23. The number of benzene rings is 9. The van der Waals surface area contributed by atoms with Crippen LogP contribution in [0.4, 0.5) is 0 Å². The second-order valence-corrected chi connectivity index (χ2v) is 15.7. The Morgan fingerprint density at radius 1 is 0.344 bits per heavy atom. The molecule has 9 aromatic carbocycles. The topological polar surface area (TPSA) is 44.9 Å². The molecule has 12 aromatic rings. The van der Waals surface area contributed by atoms with E-state index in [0.717, 1.165) is 78.5 Å². The SMILES string of the molecule is c1ccc(-c2cc(-n3c4ccccc4c4ccc(-c5ccc6c(c5)-c5cccc7c5c(cc5c7c7ccccc7n5-c5ccccc5)O6)cc43)nc(-c3ccccc3)n2)cc1. The molecule has 0 saturated heterocycles. The number of fused-ring (bicyclic) bond motifs is 9. The highest BCUT2D eigenvalue weighted by atomic mass is 16.5. The van der Waals surface area contributed by atoms with Crippen LogP contribution in [0, 0.1) is 0 Å². The van der Waals surface area contributed by atoms with Crippen LogP contribution in [-0.2, 0) is 0 Å². The maximum atomic E-state index is 6.89. The van der Waals surface area contributed by atoms with Crippen molar-refractivity contribution in [3.05, 3.63) is 206 Å². The van der Waals surface area contributed by atoms with Crippen molar-refractivity contribution in [1.29, 1.82) is 0 Å². The Bertz CT molecular complexity index is 3660. The van der Waals surface area contributed by atoms with Crippen LogP contribution in [0.15, 0.2) is 206 Å². The van der Waals surface area contributed by atoms with Crippen molar-refractivity contribution in [2.24, 2.45) is 0 Å². The van der Waals surface area contributed by atoms with Crippen LogP contribution in [0.5, 0.6) is 11.5 Å². The molecule has 0 spiro atoms. The van der Waals surface area contributed by atoms with Crippen molar-refractivity contribution in [2.75, 3.05) is 0 Å². The average Bonchev–Trinajstić information content (AvgIpc) is 3.85. The summed E-state index contributed by atoms with van der Waals surface area (Å²) in [5.41, 5.74) is 13.0. The fourth-order valence-corrected chi connectivity index (χ4v) is 9.61. The zero-order valence-corrected chi connectivity index (χ0v) is 32.8. The van der Waals surface area contributed by atoms with Gasteiger partial charge in [0.05, 0.1) is 27.8 Å². The molecular weight excluding hydrogens is 745 g/mol. The van der Waals surface area contributed by atoms with Crippen molar-refractivity contribution in [1.82, 2.24) is 19.1 Å². The van der Waals surface area contributed by atoms with Gasteiger partial charge in [0.1, 0.15) is 17.3 Å². The van der Waals surface area contributed by atoms with Gasteiger partial charge in [-0.2, -0.15) is 0 Å². The van der Waals surface area contributed by atoms with Gasteiger partial charge in [-0.3, -0.25) is 4.57 Å². The number of hydrogen-bond acceptors (Lipinski definition) is 3. The van der Waals surface area contributed by atoms with E-state index < -0.39 is 0 Å². The van der Waals surface area contributed by atoms with Crippen LogP contribution in [0.2, 0.25) is 0 Å². The largest absolute Gasteiger partial charge is 0.456 e. The lowest BCUT2D eigenvalue weighted by Crippen LogP contribution is -2.02. The van der Waals surface area contributed by atoms with E-state index in [4.69, 9.17) is 14.7 Å². The van der Waals surface area contributed by atoms with Crippen molar-refractivity contribution >= 4 is 54.4 Å². The summed E-state index contributed by atoms with van der Waals surface area (Å²) in [5, 5.41) is 7.12. The molecule has 0 N–H and O–H groups in total. The predicted molar refractivity (Wildman–Crippen MR) is 250 cm³/mol. The number of ether oxygens (including phenoxy) is 1. The van der Waals surface area contributed by atoms with Gasteiger partial charge < -0.3 is 9.30 Å². The predicted octanol–water partition coefficient (Wildman–Crippen LogP) is 14.6. The molecule has 1 aliphatic rings. The standard InChI is InChI=1S/C56H34N4O/c1-4-15-35(16-5-1)46-33-53(58-56(57-46)36-17-6-2-7-18-36)60-47-25-12-10-21-40(47)41-29-27-38(32-49(41)60)37-28-30-51-45(31-37)42-23-14-24-44-54-43-22-11-13-26-48(43)59(39-19-8-3-9-20-39)50(54)34-52(61-51)55(42)44/h1-34H. The molecule has 284 valence electrons. The van der Waals surface area contributed by atoms with Crippen LogP contribution in [-0.4, -0.2) is 19.1 Å². The Morgan fingerprint density at radius 3 is 1.79 bits per heavy atom. The third kappa shape index (κ3) is 5.14. The Kier molecular flexibility index (Phi) is 7.24. The second-order valence-electron chi connectivity index (χ2n) is 15.7. The number of hydrogen-bond donors (Lipinski definition) is 0. The number of rotatable bonds is 5. The number of aromatic nitrogens is 4. The van der Waals surface area contributed by atoms with Crippen LogP contribution < -0.4 is 4.74 Å². The monoisotopic (exact) mass is 778 g/mol. The average molecular weight is 779 g/mol. The first-order valence-electron chi connectivity index (χ1n) is 20.7. The highest BCUT2D eigenvalue weighted by molar-refractivity contribution is 6.25. The Morgan fingerprint density at radius 2 is 0.984 bits per heavy atom. The van der Waals surface area contributed by atoms with E-state index in [9.17, 15) is 0 Å². The summed E-state index contributed by atoms with van der Waals surface area (Å²) >= 11 is 0. The maximum absolute atomic E-state index is 6.89. The molecule has 0 aliphatic carbocycles. The van der Waals surface area contributed by atoms with Crippen molar-refractivity contribution in [3.8, 4) is 67.9 Å². The fraction of sp³-hybridized carbons (Fsp3) is 0. The minimum absolute atomic E-state index is 0.685. The molecule has 0 radical (unpaired) electrons. The first-order valence-corrected chi connectivity index (χ1v) is 20.7. The summed E-state index contributed by atoms with van der Waals surface area (Å²) < 4.78 is 11.5. The maximum Gasteiger partial charge on any atom is 0.162 e. The van der Waals surface area contributed by atoms with Gasteiger partial charge >= 0.3 is 0 Å². The van der Waals surface area contributed by atoms with Crippen LogP contribution in [0.1, 0.15) is 0 Å². The lowest BCUT2D eigenvalue weighted by atomic mass is 9.90. The first-order chi connectivity index (χ1) is 30.2. The third-order valence-electron chi connectivity index (χ3n) is 12.3. The van der Waals surface area contributed by atoms with Crippen molar-refractivity contribution in [2.45, 2.75) is 0 Å². The quantitative estimate of drug-likeness (QED) is 0.175. The van der Waals surface area contributed by atoms with Crippen LogP contribution >= 0.6 is 0 Å². The molecule has 5 heteroatoms. The molecule has 13 rings (SSSR count). The lowest BCUT2D eigenvalue weighted by molar-refractivity contribution is 0.487. The highest BCUT2D eigenvalue weighted by Gasteiger charge is 2.25. The van der Waals surface area contributed by atoms with Gasteiger partial charge in [-0.25, -0.2) is 9.97 Å². The Labute approximate surface area is 351 Å². The van der Waals surface area contributed by atoms with Crippen LogP contribution in [0.25, 0.3) is 111 Å². The van der Waals surface area contributed by atoms with Crippen LogP contribution in [0.3, 0.4) is 0 Å². The smallest absolute Gasteiger partial charge is 0.162 e. The van der Waals surface area contributed by atoms with E-state index in [1.54, 1.807) is 0 Å². The highest BCUT2D eigenvalue weighted by Crippen LogP contribution is 2.51. The first kappa shape index (κ1) is 33.7. The van der Waals surface area contributed by atoms with Gasteiger partial charge in [0.2, 0.25) is 0 Å². The summed E-state index contributed by atoms with van der Waals surface area (Å²) in [4.78, 5) is 10.4. The van der Waals surface area contributed by atoms with E-state index in [2.05, 4.69) is 191 Å². The number of nitrogens with zero attached hydrogens (tertiary/aromatic N) is 4. The number of para-hydroxylation sites is 3. The van der Waals surface area contributed by atoms with Crippen molar-refractivity contribution in [3.63, 3.8) is 0 Å². The van der Waals surface area contributed by atoms with E-state index in [0.29, 0.717) is 5.82 Å². The molecule has 3 aromatic heterocycles. The summed E-state index contributed by atoms with van der Waals surface area (Å²) in [6.07, 6.45) is 0. The van der Waals surface area contributed by atoms with Crippen molar-refractivity contribution < 1.29 is 4.74 Å². The molecule has 0 fully saturated rings. The van der Waals surface area contributed by atoms with E-state index in [1.165, 1.54) is 38.0 Å². The Hall–Kier alpha value is -8.28. The summed E-state index contributed by atoms with van der Waals surface area (Å²) in [7, 11) is 0. The van der Waals surface area contributed by atoms with E-state index >= 15 is 0 Å². The van der Waals surface area contributed by atoms with Gasteiger partial charge in [0, 0.05) is 61.4 Å². The molecule has 0 saturated carbocycles. The molecule has 4 heterocycles. The van der Waals surface area contributed by atoms with E-state index in [1.807, 2.05) is 24.3 Å². The molecule has 0 bridgehead atoms. The van der Waals surface area contributed by atoms with Gasteiger partial charge in [-0.1, -0.05) is 152 Å². The zero-order valence-electron chi connectivity index (χ0n) is 32.8. The minimum Gasteiger partial charge on any atom is -0.456 e. The molecule has 61 heavy (non-hydrogen) atoms. The molecule has 5 nitrogen and oxygen atoms in total. The van der Waals surface area contributed by atoms with Gasteiger partial charge in [0.25, 0.3) is 0 Å². The molecular formula is C56H34N4O. The minimum atomic E-state index is 0.685.